The van der Waals surface area contributed by atoms with Gasteiger partial charge in [-0.25, -0.2) is 0 Å². The van der Waals surface area contributed by atoms with Gasteiger partial charge < -0.3 is 16.0 Å². The maximum absolute atomic E-state index is 11.9. The van der Waals surface area contributed by atoms with Gasteiger partial charge in [0.15, 0.2) is 0 Å². The summed E-state index contributed by atoms with van der Waals surface area (Å²) in [5.74, 6) is 0.172. The van der Waals surface area contributed by atoms with Crippen LogP contribution in [-0.4, -0.2) is 44.5 Å². The fourth-order valence-electron chi connectivity index (χ4n) is 2.07. The summed E-state index contributed by atoms with van der Waals surface area (Å²) in [5.41, 5.74) is 5.45. The second-order valence-electron chi connectivity index (χ2n) is 5.10. The summed E-state index contributed by atoms with van der Waals surface area (Å²) in [6.45, 7) is 2.36. The monoisotopic (exact) mass is 227 g/mol. The first-order chi connectivity index (χ1) is 7.60. The third-order valence-electron chi connectivity index (χ3n) is 3.50. The van der Waals surface area contributed by atoms with Crippen molar-refractivity contribution in [3.05, 3.63) is 0 Å². The molecule has 0 bridgehead atoms. The molecule has 0 heterocycles. The molecule has 94 valence electrons. The number of amides is 1. The molecule has 1 rings (SSSR count). The molecule has 0 aromatic heterocycles. The maximum Gasteiger partial charge on any atom is 0.227 e. The topological polar surface area (TPSA) is 58.4 Å². The Morgan fingerprint density at radius 3 is 2.50 bits per heavy atom. The van der Waals surface area contributed by atoms with E-state index in [2.05, 4.69) is 24.3 Å². The lowest BCUT2D eigenvalue weighted by atomic mass is 9.68. The highest BCUT2D eigenvalue weighted by Gasteiger charge is 2.42. The van der Waals surface area contributed by atoms with Crippen molar-refractivity contribution in [2.45, 2.75) is 32.1 Å². The van der Waals surface area contributed by atoms with Crippen LogP contribution in [0.25, 0.3) is 0 Å². The van der Waals surface area contributed by atoms with Crippen LogP contribution in [0.3, 0.4) is 0 Å². The van der Waals surface area contributed by atoms with E-state index in [4.69, 9.17) is 5.73 Å². The summed E-state index contributed by atoms with van der Waals surface area (Å²) < 4.78 is 0. The minimum Gasteiger partial charge on any atom is -0.356 e. The van der Waals surface area contributed by atoms with Gasteiger partial charge in [0.05, 0.1) is 5.41 Å². The van der Waals surface area contributed by atoms with E-state index in [1.807, 2.05) is 0 Å². The molecule has 0 spiro atoms. The first kappa shape index (κ1) is 13.5. The average molecular weight is 227 g/mol. The Morgan fingerprint density at radius 1 is 1.38 bits per heavy atom. The number of hydrogen-bond acceptors (Lipinski definition) is 3. The van der Waals surface area contributed by atoms with Gasteiger partial charge in [0, 0.05) is 13.1 Å². The molecule has 1 fully saturated rings. The summed E-state index contributed by atoms with van der Waals surface area (Å²) in [5, 5.41) is 3.01. The second-order valence-corrected chi connectivity index (χ2v) is 5.10. The van der Waals surface area contributed by atoms with Crippen LogP contribution in [0.5, 0.6) is 0 Å². The zero-order chi connectivity index (χ0) is 12.0. The number of nitrogens with zero attached hydrogens (tertiary/aromatic N) is 1. The largest absolute Gasteiger partial charge is 0.356 e. The molecule has 0 saturated heterocycles. The quantitative estimate of drug-likeness (QED) is 0.625. The minimum absolute atomic E-state index is 0.172. The maximum atomic E-state index is 11.9. The lowest BCUT2D eigenvalue weighted by Crippen LogP contribution is -2.50. The van der Waals surface area contributed by atoms with Crippen molar-refractivity contribution in [3.63, 3.8) is 0 Å². The van der Waals surface area contributed by atoms with Crippen molar-refractivity contribution in [2.24, 2.45) is 11.1 Å². The van der Waals surface area contributed by atoms with Crippen LogP contribution in [0.15, 0.2) is 0 Å². The van der Waals surface area contributed by atoms with Crippen molar-refractivity contribution >= 4 is 5.91 Å². The molecule has 0 atom stereocenters. The molecular weight excluding hydrogens is 202 g/mol. The summed E-state index contributed by atoms with van der Waals surface area (Å²) in [7, 11) is 4.13. The van der Waals surface area contributed by atoms with Crippen molar-refractivity contribution in [3.8, 4) is 0 Å². The van der Waals surface area contributed by atoms with E-state index in [0.717, 1.165) is 45.2 Å². The molecule has 4 nitrogen and oxygen atoms in total. The van der Waals surface area contributed by atoms with Crippen LogP contribution in [0, 0.1) is 5.41 Å². The normalized spacial score (nSPS) is 18.2. The summed E-state index contributed by atoms with van der Waals surface area (Å²) in [6, 6.07) is 0. The Kier molecular flexibility index (Phi) is 5.22. The van der Waals surface area contributed by atoms with Gasteiger partial charge in [0.1, 0.15) is 0 Å². The number of carbonyl (C=O) groups excluding carboxylic acids is 1. The minimum atomic E-state index is -0.221. The fourth-order valence-corrected chi connectivity index (χ4v) is 2.07. The van der Waals surface area contributed by atoms with Crippen LogP contribution in [0.2, 0.25) is 0 Å². The Hall–Kier alpha value is -0.610. The highest BCUT2D eigenvalue weighted by atomic mass is 16.2. The van der Waals surface area contributed by atoms with Crippen molar-refractivity contribution in [2.75, 3.05) is 33.7 Å². The number of carbonyl (C=O) groups is 1. The fraction of sp³-hybridized carbons (Fsp3) is 0.917. The number of nitrogens with one attached hydrogen (secondary N) is 1. The van der Waals surface area contributed by atoms with E-state index in [-0.39, 0.29) is 11.3 Å². The van der Waals surface area contributed by atoms with Gasteiger partial charge in [-0.1, -0.05) is 6.42 Å². The molecule has 1 aliphatic rings. The van der Waals surface area contributed by atoms with Gasteiger partial charge in [-0.2, -0.15) is 0 Å². The summed E-state index contributed by atoms with van der Waals surface area (Å²) >= 11 is 0. The van der Waals surface area contributed by atoms with Crippen LogP contribution >= 0.6 is 0 Å². The van der Waals surface area contributed by atoms with E-state index < -0.39 is 0 Å². The predicted molar refractivity (Wildman–Crippen MR) is 66.1 cm³/mol. The van der Waals surface area contributed by atoms with E-state index >= 15 is 0 Å². The van der Waals surface area contributed by atoms with Crippen molar-refractivity contribution < 1.29 is 4.79 Å². The molecule has 0 aromatic carbocycles. The van der Waals surface area contributed by atoms with Gasteiger partial charge in [0.25, 0.3) is 0 Å². The third-order valence-corrected chi connectivity index (χ3v) is 3.50. The molecule has 1 aliphatic carbocycles. The van der Waals surface area contributed by atoms with E-state index in [1.165, 1.54) is 0 Å². The average Bonchev–Trinajstić information content (AvgIpc) is 2.16. The van der Waals surface area contributed by atoms with Gasteiger partial charge in [-0.05, 0) is 46.3 Å². The van der Waals surface area contributed by atoms with Crippen LogP contribution < -0.4 is 11.1 Å². The highest BCUT2D eigenvalue weighted by Crippen LogP contribution is 2.39. The van der Waals surface area contributed by atoms with E-state index in [1.54, 1.807) is 0 Å². The lowest BCUT2D eigenvalue weighted by molar-refractivity contribution is -0.135. The van der Waals surface area contributed by atoms with E-state index in [0.29, 0.717) is 6.54 Å². The van der Waals surface area contributed by atoms with Gasteiger partial charge >= 0.3 is 0 Å². The first-order valence-electron chi connectivity index (χ1n) is 6.24. The smallest absolute Gasteiger partial charge is 0.227 e. The summed E-state index contributed by atoms with van der Waals surface area (Å²) in [4.78, 5) is 14.0. The van der Waals surface area contributed by atoms with Gasteiger partial charge in [-0.15, -0.1) is 0 Å². The molecule has 0 aromatic rings. The Labute approximate surface area is 98.6 Å². The Bertz CT molecular complexity index is 219. The molecule has 0 radical (unpaired) electrons. The molecule has 1 amide bonds. The standard InChI is InChI=1S/C12H25N3O/c1-15(2)9-4-3-8-14-11(16)12(10-13)6-5-7-12/h3-10,13H2,1-2H3,(H,14,16). The third kappa shape index (κ3) is 3.46. The molecular formula is C12H25N3O. The van der Waals surface area contributed by atoms with Crippen molar-refractivity contribution in [1.82, 2.24) is 10.2 Å². The summed E-state index contributed by atoms with van der Waals surface area (Å²) in [6.07, 6.45) is 5.25. The Balaban J connectivity index is 2.10. The van der Waals surface area contributed by atoms with Crippen molar-refractivity contribution in [1.29, 1.82) is 0 Å². The number of hydrogen-bond donors (Lipinski definition) is 2. The zero-order valence-corrected chi connectivity index (χ0v) is 10.6. The highest BCUT2D eigenvalue weighted by molar-refractivity contribution is 5.83. The number of unbranched alkanes of at least 4 members (excludes halogenated alkanes) is 1. The molecule has 0 aliphatic heterocycles. The molecule has 0 unspecified atom stereocenters. The molecule has 1 saturated carbocycles. The number of nitrogens with two attached hydrogens (primary N) is 1. The first-order valence-corrected chi connectivity index (χ1v) is 6.24. The van der Waals surface area contributed by atoms with E-state index in [9.17, 15) is 4.79 Å². The second kappa shape index (κ2) is 6.21. The van der Waals surface area contributed by atoms with Gasteiger partial charge in [-0.3, -0.25) is 4.79 Å². The van der Waals surface area contributed by atoms with Gasteiger partial charge in [0.2, 0.25) is 5.91 Å². The Morgan fingerprint density at radius 2 is 2.06 bits per heavy atom. The molecule has 16 heavy (non-hydrogen) atoms. The molecule has 3 N–H and O–H groups in total. The van der Waals surface area contributed by atoms with Crippen LogP contribution in [0.4, 0.5) is 0 Å². The molecule has 4 heteroatoms. The van der Waals surface area contributed by atoms with Crippen LogP contribution in [-0.2, 0) is 4.79 Å². The number of rotatable bonds is 7. The van der Waals surface area contributed by atoms with Crippen LogP contribution in [0.1, 0.15) is 32.1 Å². The SMILES string of the molecule is CN(C)CCCCNC(=O)C1(CN)CCC1. The lowest BCUT2D eigenvalue weighted by Gasteiger charge is -2.39. The zero-order valence-electron chi connectivity index (χ0n) is 10.6. The predicted octanol–water partition coefficient (Wildman–Crippen LogP) is 0.573.